The molecule has 0 bridgehead atoms. The van der Waals surface area contributed by atoms with Crippen molar-refractivity contribution in [1.29, 1.82) is 0 Å². The number of thioether (sulfide) groups is 1. The van der Waals surface area contributed by atoms with Crippen LogP contribution in [0.25, 0.3) is 0 Å². The second-order valence-electron chi connectivity index (χ2n) is 5.82. The van der Waals surface area contributed by atoms with Crippen molar-refractivity contribution in [2.45, 2.75) is 39.0 Å². The van der Waals surface area contributed by atoms with E-state index in [2.05, 4.69) is 63.3 Å². The minimum Gasteiger partial charge on any atom is -0.317 e. The number of rotatable bonds is 7. The summed E-state index contributed by atoms with van der Waals surface area (Å²) in [6.45, 7) is 11.4. The monoisotopic (exact) mass is 265 g/mol. The fraction of sp³-hybridized carbons (Fsp3) is 0.625. The maximum absolute atomic E-state index is 3.49. The highest BCUT2D eigenvalue weighted by atomic mass is 32.2. The third-order valence-electron chi connectivity index (χ3n) is 3.34. The first-order valence-corrected chi connectivity index (χ1v) is 7.91. The summed E-state index contributed by atoms with van der Waals surface area (Å²) in [6.07, 6.45) is 1.27. The Kier molecular flexibility index (Phi) is 6.80. The second kappa shape index (κ2) is 7.85. The molecule has 0 fully saturated rings. The smallest absolute Gasteiger partial charge is 0.00719 e. The summed E-state index contributed by atoms with van der Waals surface area (Å²) in [5.41, 5.74) is 0.388. The topological polar surface area (TPSA) is 12.0 Å². The molecule has 0 spiro atoms. The largest absolute Gasteiger partial charge is 0.317 e. The van der Waals surface area contributed by atoms with Gasteiger partial charge in [-0.3, -0.25) is 0 Å². The van der Waals surface area contributed by atoms with E-state index < -0.39 is 0 Å². The number of nitrogens with one attached hydrogen (secondary N) is 1. The van der Waals surface area contributed by atoms with Crippen LogP contribution in [-0.4, -0.2) is 18.8 Å². The lowest BCUT2D eigenvalue weighted by Gasteiger charge is -2.31. The van der Waals surface area contributed by atoms with Crippen molar-refractivity contribution in [2.24, 2.45) is 11.3 Å². The fourth-order valence-electron chi connectivity index (χ4n) is 2.00. The van der Waals surface area contributed by atoms with Gasteiger partial charge in [0.1, 0.15) is 0 Å². The molecule has 0 heterocycles. The summed E-state index contributed by atoms with van der Waals surface area (Å²) in [4.78, 5) is 1.38. The van der Waals surface area contributed by atoms with Gasteiger partial charge in [-0.1, -0.05) is 45.9 Å². The Hall–Kier alpha value is -0.470. The zero-order valence-electron chi connectivity index (χ0n) is 12.2. The van der Waals surface area contributed by atoms with Crippen LogP contribution in [0.3, 0.4) is 0 Å². The molecule has 0 radical (unpaired) electrons. The SMILES string of the molecule is CCNCC(CCSc1ccccc1)C(C)(C)C. The van der Waals surface area contributed by atoms with E-state index in [4.69, 9.17) is 0 Å². The quantitative estimate of drug-likeness (QED) is 0.731. The van der Waals surface area contributed by atoms with Gasteiger partial charge < -0.3 is 5.32 Å². The van der Waals surface area contributed by atoms with Gasteiger partial charge in [-0.15, -0.1) is 11.8 Å². The van der Waals surface area contributed by atoms with E-state index in [0.717, 1.165) is 19.0 Å². The van der Waals surface area contributed by atoms with Crippen molar-refractivity contribution < 1.29 is 0 Å². The molecule has 18 heavy (non-hydrogen) atoms. The van der Waals surface area contributed by atoms with Gasteiger partial charge in [0.25, 0.3) is 0 Å². The molecule has 102 valence electrons. The maximum atomic E-state index is 3.49. The Morgan fingerprint density at radius 3 is 2.39 bits per heavy atom. The molecule has 0 amide bonds. The molecule has 0 aromatic heterocycles. The Morgan fingerprint density at radius 2 is 1.83 bits per heavy atom. The summed E-state index contributed by atoms with van der Waals surface area (Å²) < 4.78 is 0. The summed E-state index contributed by atoms with van der Waals surface area (Å²) in [5.74, 6) is 1.95. The Bertz CT molecular complexity index is 316. The van der Waals surface area contributed by atoms with Crippen molar-refractivity contribution in [3.8, 4) is 0 Å². The first kappa shape index (κ1) is 15.6. The lowest BCUT2D eigenvalue weighted by atomic mass is 9.79. The van der Waals surface area contributed by atoms with Gasteiger partial charge in [0, 0.05) is 4.90 Å². The summed E-state index contributed by atoms with van der Waals surface area (Å²) in [7, 11) is 0. The Morgan fingerprint density at radius 1 is 1.17 bits per heavy atom. The minimum atomic E-state index is 0.388. The molecular weight excluding hydrogens is 238 g/mol. The average Bonchev–Trinajstić information content (AvgIpc) is 2.33. The highest BCUT2D eigenvalue weighted by Crippen LogP contribution is 2.30. The zero-order chi connectivity index (χ0) is 13.4. The number of benzene rings is 1. The second-order valence-corrected chi connectivity index (χ2v) is 6.99. The van der Waals surface area contributed by atoms with Gasteiger partial charge in [-0.25, -0.2) is 0 Å². The Labute approximate surface area is 117 Å². The van der Waals surface area contributed by atoms with Gasteiger partial charge >= 0.3 is 0 Å². The zero-order valence-corrected chi connectivity index (χ0v) is 13.0. The third kappa shape index (κ3) is 5.92. The van der Waals surface area contributed by atoms with Crippen LogP contribution in [0.2, 0.25) is 0 Å². The van der Waals surface area contributed by atoms with Crippen LogP contribution in [0.15, 0.2) is 35.2 Å². The molecular formula is C16H27NS. The molecule has 1 aromatic rings. The lowest BCUT2D eigenvalue weighted by molar-refractivity contribution is 0.228. The third-order valence-corrected chi connectivity index (χ3v) is 4.39. The van der Waals surface area contributed by atoms with Crippen molar-refractivity contribution in [3.05, 3.63) is 30.3 Å². The molecule has 1 N–H and O–H groups in total. The van der Waals surface area contributed by atoms with Gasteiger partial charge in [-0.2, -0.15) is 0 Å². The van der Waals surface area contributed by atoms with Crippen LogP contribution >= 0.6 is 11.8 Å². The lowest BCUT2D eigenvalue weighted by Crippen LogP contribution is -2.32. The van der Waals surface area contributed by atoms with E-state index >= 15 is 0 Å². The standard InChI is InChI=1S/C16H27NS/c1-5-17-13-14(16(2,3)4)11-12-18-15-9-7-6-8-10-15/h6-10,14,17H,5,11-13H2,1-4H3. The first-order chi connectivity index (χ1) is 8.54. The van der Waals surface area contributed by atoms with Crippen LogP contribution in [0.5, 0.6) is 0 Å². The molecule has 1 atom stereocenters. The van der Waals surface area contributed by atoms with Crippen LogP contribution < -0.4 is 5.32 Å². The molecule has 0 aliphatic rings. The van der Waals surface area contributed by atoms with E-state index in [1.54, 1.807) is 0 Å². The predicted octanol–water partition coefficient (Wildman–Crippen LogP) is 4.44. The van der Waals surface area contributed by atoms with E-state index in [1.165, 1.54) is 17.1 Å². The molecule has 0 saturated heterocycles. The van der Waals surface area contributed by atoms with E-state index in [-0.39, 0.29) is 0 Å². The number of hydrogen-bond donors (Lipinski definition) is 1. The average molecular weight is 265 g/mol. The molecule has 0 aliphatic carbocycles. The fourth-order valence-corrected chi connectivity index (χ4v) is 2.98. The van der Waals surface area contributed by atoms with Crippen molar-refractivity contribution in [3.63, 3.8) is 0 Å². The van der Waals surface area contributed by atoms with Crippen molar-refractivity contribution in [1.82, 2.24) is 5.32 Å². The highest BCUT2D eigenvalue weighted by molar-refractivity contribution is 7.99. The first-order valence-electron chi connectivity index (χ1n) is 6.92. The molecule has 2 heteroatoms. The molecule has 0 saturated carbocycles. The minimum absolute atomic E-state index is 0.388. The van der Waals surface area contributed by atoms with Gasteiger partial charge in [0.2, 0.25) is 0 Å². The van der Waals surface area contributed by atoms with Crippen molar-refractivity contribution >= 4 is 11.8 Å². The molecule has 1 nitrogen and oxygen atoms in total. The highest BCUT2D eigenvalue weighted by Gasteiger charge is 2.23. The molecule has 1 aromatic carbocycles. The van der Waals surface area contributed by atoms with Crippen LogP contribution in [0.1, 0.15) is 34.1 Å². The molecule has 1 rings (SSSR count). The summed E-state index contributed by atoms with van der Waals surface area (Å²) >= 11 is 1.97. The predicted molar refractivity (Wildman–Crippen MR) is 83.3 cm³/mol. The van der Waals surface area contributed by atoms with Crippen LogP contribution in [0.4, 0.5) is 0 Å². The summed E-state index contributed by atoms with van der Waals surface area (Å²) in [6, 6.07) is 10.7. The Balaban J connectivity index is 2.38. The van der Waals surface area contributed by atoms with E-state index in [0.29, 0.717) is 5.41 Å². The van der Waals surface area contributed by atoms with Gasteiger partial charge in [0.15, 0.2) is 0 Å². The number of hydrogen-bond acceptors (Lipinski definition) is 2. The summed E-state index contributed by atoms with van der Waals surface area (Å²) in [5, 5.41) is 3.49. The van der Waals surface area contributed by atoms with Crippen LogP contribution in [-0.2, 0) is 0 Å². The van der Waals surface area contributed by atoms with Gasteiger partial charge in [0.05, 0.1) is 0 Å². The van der Waals surface area contributed by atoms with E-state index in [1.807, 2.05) is 11.8 Å². The van der Waals surface area contributed by atoms with Gasteiger partial charge in [-0.05, 0) is 48.7 Å². The van der Waals surface area contributed by atoms with Crippen LogP contribution in [0, 0.1) is 11.3 Å². The normalized spacial score (nSPS) is 13.6. The molecule has 0 aliphatic heterocycles. The van der Waals surface area contributed by atoms with Crippen molar-refractivity contribution in [2.75, 3.05) is 18.8 Å². The van der Waals surface area contributed by atoms with E-state index in [9.17, 15) is 0 Å². The molecule has 1 unspecified atom stereocenters. The maximum Gasteiger partial charge on any atom is 0.00719 e.